The van der Waals surface area contributed by atoms with Gasteiger partial charge in [0.15, 0.2) is 0 Å². The van der Waals surface area contributed by atoms with Crippen LogP contribution in [0.25, 0.3) is 5.57 Å². The van der Waals surface area contributed by atoms with E-state index in [9.17, 15) is 9.59 Å². The number of rotatable bonds is 6. The Balaban J connectivity index is 1.72. The number of imide groups is 1. The Morgan fingerprint density at radius 2 is 1.77 bits per heavy atom. The quantitative estimate of drug-likeness (QED) is 0.473. The van der Waals surface area contributed by atoms with Crippen molar-refractivity contribution in [1.29, 1.82) is 0 Å². The number of carbonyl (C=O) groups excluding carboxylic acids is 2. The molecule has 0 saturated heterocycles. The zero-order valence-corrected chi connectivity index (χ0v) is 18.9. The first-order valence-corrected chi connectivity index (χ1v) is 11.1. The van der Waals surface area contributed by atoms with Crippen LogP contribution in [0.1, 0.15) is 24.3 Å². The van der Waals surface area contributed by atoms with Crippen LogP contribution in [-0.2, 0) is 9.59 Å². The van der Waals surface area contributed by atoms with Gasteiger partial charge in [-0.2, -0.15) is 0 Å². The summed E-state index contributed by atoms with van der Waals surface area (Å²) < 4.78 is 5.68. The molecule has 0 aliphatic carbocycles. The largest absolute Gasteiger partial charge is 0.491 e. The van der Waals surface area contributed by atoms with Crippen molar-refractivity contribution in [3.63, 3.8) is 0 Å². The highest BCUT2D eigenvalue weighted by Gasteiger charge is 2.41. The number of benzene rings is 2. The molecule has 158 valence electrons. The Morgan fingerprint density at radius 3 is 2.39 bits per heavy atom. The van der Waals surface area contributed by atoms with E-state index in [0.29, 0.717) is 22.0 Å². The zero-order valence-electron chi connectivity index (χ0n) is 17.3. The molecular formula is C24H21ClN2O3S. The van der Waals surface area contributed by atoms with Gasteiger partial charge in [-0.15, -0.1) is 11.3 Å². The monoisotopic (exact) mass is 452 g/mol. The van der Waals surface area contributed by atoms with Crippen LogP contribution in [0.3, 0.4) is 0 Å². The Labute approximate surface area is 189 Å². The van der Waals surface area contributed by atoms with Gasteiger partial charge in [0.25, 0.3) is 11.8 Å². The molecule has 0 fully saturated rings. The summed E-state index contributed by atoms with van der Waals surface area (Å²) in [5.74, 6) is -0.0262. The maximum atomic E-state index is 13.4. The van der Waals surface area contributed by atoms with Crippen LogP contribution < -0.4 is 15.0 Å². The standard InChI is InChI=1S/C24H21ClN2O3S/c1-14(2)30-18-9-7-17(8-10-18)26-22-21(20-5-4-12-31-20)23(28)27(24(22)29)19-11-6-16(25)13-15(19)3/h4-14,26H,1-3H3. The van der Waals surface area contributed by atoms with Crippen molar-refractivity contribution in [1.82, 2.24) is 0 Å². The van der Waals surface area contributed by atoms with Gasteiger partial charge in [-0.05, 0) is 80.2 Å². The van der Waals surface area contributed by atoms with Gasteiger partial charge >= 0.3 is 0 Å². The molecule has 2 heterocycles. The third-order valence-corrected chi connectivity index (χ3v) is 5.87. The first kappa shape index (κ1) is 21.2. The number of aryl methyl sites for hydroxylation is 1. The van der Waals surface area contributed by atoms with Crippen LogP contribution in [0.2, 0.25) is 5.02 Å². The molecule has 0 bridgehead atoms. The molecule has 3 aromatic rings. The summed E-state index contributed by atoms with van der Waals surface area (Å²) in [7, 11) is 0. The fraction of sp³-hybridized carbons (Fsp3) is 0.167. The minimum absolute atomic E-state index is 0.0668. The Bertz CT molecular complexity index is 1170. The molecule has 0 unspecified atom stereocenters. The lowest BCUT2D eigenvalue weighted by molar-refractivity contribution is -0.120. The van der Waals surface area contributed by atoms with Gasteiger partial charge in [0.2, 0.25) is 0 Å². The molecule has 1 aliphatic rings. The van der Waals surface area contributed by atoms with Gasteiger partial charge in [-0.3, -0.25) is 9.59 Å². The van der Waals surface area contributed by atoms with E-state index in [1.54, 1.807) is 18.2 Å². The molecule has 0 atom stereocenters. The van der Waals surface area contributed by atoms with Gasteiger partial charge in [0, 0.05) is 15.6 Å². The Kier molecular flexibility index (Phi) is 5.85. The smallest absolute Gasteiger partial charge is 0.282 e. The number of halogens is 1. The summed E-state index contributed by atoms with van der Waals surface area (Å²) in [5, 5.41) is 5.59. The van der Waals surface area contributed by atoms with Crippen molar-refractivity contribution in [3.05, 3.63) is 81.1 Å². The number of hydrogen-bond donors (Lipinski definition) is 1. The number of anilines is 2. The lowest BCUT2D eigenvalue weighted by Crippen LogP contribution is -2.32. The van der Waals surface area contributed by atoms with Crippen LogP contribution in [0.5, 0.6) is 5.75 Å². The van der Waals surface area contributed by atoms with Crippen molar-refractivity contribution in [2.24, 2.45) is 0 Å². The van der Waals surface area contributed by atoms with Gasteiger partial charge in [-0.1, -0.05) is 17.7 Å². The van der Waals surface area contributed by atoms with Gasteiger partial charge < -0.3 is 10.1 Å². The number of amides is 2. The number of ether oxygens (including phenoxy) is 1. The van der Waals surface area contributed by atoms with Crippen molar-refractivity contribution in [2.75, 3.05) is 10.2 Å². The third-order valence-electron chi connectivity index (χ3n) is 4.75. The SMILES string of the molecule is Cc1cc(Cl)ccc1N1C(=O)C(Nc2ccc(OC(C)C)cc2)=C(c2cccs2)C1=O. The third kappa shape index (κ3) is 4.22. The predicted molar refractivity (Wildman–Crippen MR) is 126 cm³/mol. The second-order valence-corrected chi connectivity index (χ2v) is 8.80. The number of thiophene rings is 1. The van der Waals surface area contributed by atoms with Crippen molar-refractivity contribution < 1.29 is 14.3 Å². The highest BCUT2D eigenvalue weighted by atomic mass is 35.5. The summed E-state index contributed by atoms with van der Waals surface area (Å²) >= 11 is 7.48. The van der Waals surface area contributed by atoms with Crippen LogP contribution in [0.4, 0.5) is 11.4 Å². The van der Waals surface area contributed by atoms with Gasteiger partial charge in [-0.25, -0.2) is 4.90 Å². The predicted octanol–water partition coefficient (Wildman–Crippen LogP) is 5.89. The maximum Gasteiger partial charge on any atom is 0.282 e. The maximum absolute atomic E-state index is 13.4. The van der Waals surface area contributed by atoms with Crippen LogP contribution in [-0.4, -0.2) is 17.9 Å². The topological polar surface area (TPSA) is 58.6 Å². The van der Waals surface area contributed by atoms with Gasteiger partial charge in [0.05, 0.1) is 17.4 Å². The number of nitrogens with zero attached hydrogens (tertiary/aromatic N) is 1. The van der Waals surface area contributed by atoms with Crippen LogP contribution >= 0.6 is 22.9 Å². The van der Waals surface area contributed by atoms with E-state index < -0.39 is 5.91 Å². The molecule has 0 spiro atoms. The Hall–Kier alpha value is -3.09. The number of nitrogens with one attached hydrogen (secondary N) is 1. The molecule has 5 nitrogen and oxygen atoms in total. The normalized spacial score (nSPS) is 14.0. The summed E-state index contributed by atoms with van der Waals surface area (Å²) in [6.45, 7) is 5.74. The summed E-state index contributed by atoms with van der Waals surface area (Å²) in [4.78, 5) is 28.7. The molecule has 1 aromatic heterocycles. The zero-order chi connectivity index (χ0) is 22.1. The van der Waals surface area contributed by atoms with Crippen molar-refractivity contribution in [2.45, 2.75) is 26.9 Å². The second-order valence-electron chi connectivity index (χ2n) is 7.42. The fourth-order valence-electron chi connectivity index (χ4n) is 3.42. The highest BCUT2D eigenvalue weighted by molar-refractivity contribution is 7.11. The van der Waals surface area contributed by atoms with Crippen molar-refractivity contribution >= 4 is 51.7 Å². The van der Waals surface area contributed by atoms with E-state index in [1.807, 2.05) is 62.5 Å². The molecule has 1 aliphatic heterocycles. The second kappa shape index (κ2) is 8.57. The molecule has 1 N–H and O–H groups in total. The van der Waals surface area contributed by atoms with E-state index in [4.69, 9.17) is 16.3 Å². The first-order valence-electron chi connectivity index (χ1n) is 9.82. The molecule has 31 heavy (non-hydrogen) atoms. The summed E-state index contributed by atoms with van der Waals surface area (Å²) in [5.41, 5.74) is 2.56. The summed E-state index contributed by atoms with van der Waals surface area (Å²) in [6, 6.07) is 16.1. The molecule has 0 radical (unpaired) electrons. The van der Waals surface area contributed by atoms with Gasteiger partial charge in [0.1, 0.15) is 11.4 Å². The fourth-order valence-corrected chi connectivity index (χ4v) is 4.41. The highest BCUT2D eigenvalue weighted by Crippen LogP contribution is 2.37. The average molecular weight is 453 g/mol. The van der Waals surface area contributed by atoms with E-state index in [2.05, 4.69) is 5.32 Å². The number of hydrogen-bond acceptors (Lipinski definition) is 5. The summed E-state index contributed by atoms with van der Waals surface area (Å²) in [6.07, 6.45) is 0.0668. The molecule has 2 aromatic carbocycles. The first-order chi connectivity index (χ1) is 14.8. The van der Waals surface area contributed by atoms with Crippen LogP contribution in [0, 0.1) is 6.92 Å². The molecular weight excluding hydrogens is 432 g/mol. The van der Waals surface area contributed by atoms with Crippen molar-refractivity contribution in [3.8, 4) is 5.75 Å². The molecule has 0 saturated carbocycles. The van der Waals surface area contributed by atoms with E-state index in [1.165, 1.54) is 16.2 Å². The van der Waals surface area contributed by atoms with E-state index in [-0.39, 0.29) is 17.7 Å². The minimum atomic E-state index is -0.402. The lowest BCUT2D eigenvalue weighted by atomic mass is 10.1. The molecule has 4 rings (SSSR count). The lowest BCUT2D eigenvalue weighted by Gasteiger charge is -2.18. The molecule has 2 amide bonds. The minimum Gasteiger partial charge on any atom is -0.491 e. The van der Waals surface area contributed by atoms with E-state index >= 15 is 0 Å². The molecule has 7 heteroatoms. The number of carbonyl (C=O) groups is 2. The average Bonchev–Trinajstić information content (AvgIpc) is 3.31. The van der Waals surface area contributed by atoms with E-state index in [0.717, 1.165) is 16.2 Å². The Morgan fingerprint density at radius 1 is 1.03 bits per heavy atom. The van der Waals surface area contributed by atoms with Crippen LogP contribution in [0.15, 0.2) is 65.7 Å².